The first-order valence-corrected chi connectivity index (χ1v) is 5.82. The molecule has 1 rings (SSSR count). The molecule has 0 bridgehead atoms. The minimum atomic E-state index is -0.167. The Morgan fingerprint density at radius 3 is 2.88 bits per heavy atom. The second-order valence-corrected chi connectivity index (χ2v) is 4.19. The maximum absolute atomic E-state index is 11.5. The summed E-state index contributed by atoms with van der Waals surface area (Å²) in [6.07, 6.45) is 8.82. The SMILES string of the molecule is CCCCC(C)OC(=O)Cn1cc[n+](C)c1. The summed E-state index contributed by atoms with van der Waals surface area (Å²) in [6.45, 7) is 4.37. The second-order valence-electron chi connectivity index (χ2n) is 4.19. The lowest BCUT2D eigenvalue weighted by Gasteiger charge is -2.11. The van der Waals surface area contributed by atoms with E-state index in [9.17, 15) is 4.79 Å². The molecule has 4 nitrogen and oxygen atoms in total. The number of rotatable bonds is 6. The molecule has 1 aromatic heterocycles. The number of carbonyl (C=O) groups is 1. The van der Waals surface area contributed by atoms with E-state index < -0.39 is 0 Å². The first-order valence-electron chi connectivity index (χ1n) is 5.82. The minimum absolute atomic E-state index is 0.0248. The molecule has 0 aliphatic rings. The van der Waals surface area contributed by atoms with Gasteiger partial charge in [0.05, 0.1) is 13.2 Å². The van der Waals surface area contributed by atoms with Crippen molar-refractivity contribution in [2.45, 2.75) is 45.8 Å². The highest BCUT2D eigenvalue weighted by Crippen LogP contribution is 2.04. The van der Waals surface area contributed by atoms with Crippen molar-refractivity contribution in [2.24, 2.45) is 7.05 Å². The van der Waals surface area contributed by atoms with Crippen molar-refractivity contribution in [3.05, 3.63) is 18.7 Å². The Bertz CT molecular complexity index is 334. The van der Waals surface area contributed by atoms with E-state index in [1.807, 2.05) is 41.8 Å². The van der Waals surface area contributed by atoms with Crippen LogP contribution in [0.15, 0.2) is 18.7 Å². The van der Waals surface area contributed by atoms with Crippen molar-refractivity contribution >= 4 is 5.97 Å². The number of esters is 1. The van der Waals surface area contributed by atoms with Crippen molar-refractivity contribution in [1.82, 2.24) is 4.57 Å². The molecule has 0 radical (unpaired) electrons. The fraction of sp³-hybridized carbons (Fsp3) is 0.667. The van der Waals surface area contributed by atoms with Gasteiger partial charge in [-0.2, -0.15) is 0 Å². The number of aromatic nitrogens is 2. The fourth-order valence-corrected chi connectivity index (χ4v) is 1.56. The fourth-order valence-electron chi connectivity index (χ4n) is 1.56. The third kappa shape index (κ3) is 4.47. The highest BCUT2D eigenvalue weighted by atomic mass is 16.5. The highest BCUT2D eigenvalue weighted by molar-refractivity contribution is 5.69. The van der Waals surface area contributed by atoms with Crippen LogP contribution in [0, 0.1) is 0 Å². The van der Waals surface area contributed by atoms with Crippen LogP contribution in [-0.4, -0.2) is 16.6 Å². The molecule has 0 fully saturated rings. The minimum Gasteiger partial charge on any atom is -0.460 e. The summed E-state index contributed by atoms with van der Waals surface area (Å²) < 4.78 is 9.01. The smallest absolute Gasteiger partial charge is 0.348 e. The summed E-state index contributed by atoms with van der Waals surface area (Å²) in [7, 11) is 1.92. The first-order chi connectivity index (χ1) is 7.61. The number of carbonyl (C=O) groups excluding carboxylic acids is 1. The van der Waals surface area contributed by atoms with Crippen LogP contribution in [0.5, 0.6) is 0 Å². The van der Waals surface area contributed by atoms with Gasteiger partial charge in [0, 0.05) is 0 Å². The number of unbranched alkanes of at least 4 members (excludes halogenated alkanes) is 1. The van der Waals surface area contributed by atoms with Crippen molar-refractivity contribution in [3.8, 4) is 0 Å². The Hall–Kier alpha value is -1.32. The molecule has 0 saturated carbocycles. The van der Waals surface area contributed by atoms with E-state index >= 15 is 0 Å². The maximum Gasteiger partial charge on any atom is 0.348 e. The van der Waals surface area contributed by atoms with Crippen LogP contribution in [0.2, 0.25) is 0 Å². The standard InChI is InChI=1S/C12H21N2O2/c1-4-5-6-11(2)16-12(15)9-14-8-7-13(3)10-14/h7-8,10-11H,4-6,9H2,1-3H3/q+1. The molecule has 0 aromatic carbocycles. The maximum atomic E-state index is 11.5. The van der Waals surface area contributed by atoms with E-state index in [4.69, 9.17) is 4.74 Å². The van der Waals surface area contributed by atoms with Crippen LogP contribution in [-0.2, 0) is 23.1 Å². The monoisotopic (exact) mass is 225 g/mol. The first kappa shape index (κ1) is 12.7. The molecule has 1 aromatic rings. The van der Waals surface area contributed by atoms with Gasteiger partial charge in [0.2, 0.25) is 6.33 Å². The van der Waals surface area contributed by atoms with Gasteiger partial charge in [-0.25, -0.2) is 13.9 Å². The third-order valence-electron chi connectivity index (χ3n) is 2.43. The van der Waals surface area contributed by atoms with Crippen LogP contribution < -0.4 is 4.57 Å². The average molecular weight is 225 g/mol. The summed E-state index contributed by atoms with van der Waals surface area (Å²) in [5.41, 5.74) is 0. The van der Waals surface area contributed by atoms with Crippen LogP contribution in [0.1, 0.15) is 33.1 Å². The lowest BCUT2D eigenvalue weighted by atomic mass is 10.2. The number of hydrogen-bond donors (Lipinski definition) is 0. The predicted octanol–water partition coefficient (Wildman–Crippen LogP) is 1.43. The van der Waals surface area contributed by atoms with E-state index in [1.54, 1.807) is 0 Å². The highest BCUT2D eigenvalue weighted by Gasteiger charge is 2.12. The number of hydrogen-bond acceptors (Lipinski definition) is 2. The Labute approximate surface area is 96.8 Å². The van der Waals surface area contributed by atoms with E-state index in [1.165, 1.54) is 0 Å². The van der Waals surface area contributed by atoms with E-state index in [0.717, 1.165) is 19.3 Å². The zero-order chi connectivity index (χ0) is 12.0. The number of imidazole rings is 1. The van der Waals surface area contributed by atoms with Gasteiger partial charge >= 0.3 is 5.97 Å². The van der Waals surface area contributed by atoms with Gasteiger partial charge < -0.3 is 4.74 Å². The number of nitrogens with zero attached hydrogens (tertiary/aromatic N) is 2. The van der Waals surface area contributed by atoms with E-state index in [-0.39, 0.29) is 18.6 Å². The molecule has 16 heavy (non-hydrogen) atoms. The Kier molecular flexibility index (Phi) is 5.02. The lowest BCUT2D eigenvalue weighted by molar-refractivity contribution is -0.671. The topological polar surface area (TPSA) is 35.1 Å². The Morgan fingerprint density at radius 2 is 2.31 bits per heavy atom. The third-order valence-corrected chi connectivity index (χ3v) is 2.43. The molecular formula is C12H21N2O2+. The van der Waals surface area contributed by atoms with Crippen molar-refractivity contribution in [1.29, 1.82) is 0 Å². The largest absolute Gasteiger partial charge is 0.460 e. The van der Waals surface area contributed by atoms with Gasteiger partial charge in [-0.3, -0.25) is 0 Å². The molecule has 1 heterocycles. The Morgan fingerprint density at radius 1 is 1.56 bits per heavy atom. The normalized spacial score (nSPS) is 12.4. The van der Waals surface area contributed by atoms with Crippen LogP contribution >= 0.6 is 0 Å². The lowest BCUT2D eigenvalue weighted by Crippen LogP contribution is -2.25. The molecule has 0 aliphatic carbocycles. The number of ether oxygens (including phenoxy) is 1. The van der Waals surface area contributed by atoms with Crippen molar-refractivity contribution in [2.75, 3.05) is 0 Å². The van der Waals surface area contributed by atoms with E-state index in [2.05, 4.69) is 6.92 Å². The molecule has 4 heteroatoms. The van der Waals surface area contributed by atoms with E-state index in [0.29, 0.717) is 0 Å². The van der Waals surface area contributed by atoms with Gasteiger partial charge in [-0.1, -0.05) is 19.8 Å². The average Bonchev–Trinajstić information content (AvgIpc) is 2.60. The summed E-state index contributed by atoms with van der Waals surface area (Å²) in [6, 6.07) is 0. The zero-order valence-corrected chi connectivity index (χ0v) is 10.3. The zero-order valence-electron chi connectivity index (χ0n) is 10.3. The summed E-state index contributed by atoms with van der Waals surface area (Å²) in [4.78, 5) is 11.5. The molecular weight excluding hydrogens is 204 g/mol. The van der Waals surface area contributed by atoms with Gasteiger partial charge in [0.25, 0.3) is 0 Å². The molecule has 0 aliphatic heterocycles. The van der Waals surface area contributed by atoms with Gasteiger partial charge in [0.1, 0.15) is 12.4 Å². The molecule has 0 saturated heterocycles. The Balaban J connectivity index is 2.30. The molecule has 1 unspecified atom stereocenters. The van der Waals surface area contributed by atoms with Crippen molar-refractivity contribution in [3.63, 3.8) is 0 Å². The predicted molar refractivity (Wildman–Crippen MR) is 60.7 cm³/mol. The van der Waals surface area contributed by atoms with Gasteiger partial charge in [-0.15, -0.1) is 0 Å². The van der Waals surface area contributed by atoms with Crippen LogP contribution in [0.3, 0.4) is 0 Å². The molecule has 0 spiro atoms. The molecule has 0 amide bonds. The molecule has 90 valence electrons. The van der Waals surface area contributed by atoms with Crippen molar-refractivity contribution < 1.29 is 14.1 Å². The van der Waals surface area contributed by atoms with Gasteiger partial charge in [0.15, 0.2) is 6.54 Å². The van der Waals surface area contributed by atoms with Gasteiger partial charge in [-0.05, 0) is 13.3 Å². The quantitative estimate of drug-likeness (QED) is 0.542. The second kappa shape index (κ2) is 6.30. The summed E-state index contributed by atoms with van der Waals surface area (Å²) in [5.74, 6) is -0.167. The van der Waals surface area contributed by atoms with Crippen LogP contribution in [0.4, 0.5) is 0 Å². The molecule has 1 atom stereocenters. The summed E-state index contributed by atoms with van der Waals surface area (Å²) in [5, 5.41) is 0. The number of aryl methyl sites for hydroxylation is 1. The summed E-state index contributed by atoms with van der Waals surface area (Å²) >= 11 is 0. The van der Waals surface area contributed by atoms with Crippen LogP contribution in [0.25, 0.3) is 0 Å². The molecule has 0 N–H and O–H groups in total.